The highest BCUT2D eigenvalue weighted by atomic mass is 32.2. The molecule has 1 amide bonds. The third-order valence-corrected chi connectivity index (χ3v) is 6.92. The summed E-state index contributed by atoms with van der Waals surface area (Å²) in [6, 6.07) is 15.2. The topological polar surface area (TPSA) is 105 Å². The number of hydrogen-bond donors (Lipinski definition) is 3. The molecule has 3 N–H and O–H groups in total. The molecular weight excluding hydrogens is 472 g/mol. The lowest BCUT2D eigenvalue weighted by atomic mass is 9.96. The van der Waals surface area contributed by atoms with Gasteiger partial charge in [0.1, 0.15) is 11.5 Å². The number of nitrogens with zero attached hydrogens (tertiary/aromatic N) is 4. The van der Waals surface area contributed by atoms with E-state index in [4.69, 9.17) is 5.10 Å². The number of amides is 1. The standard InChI is InChI=1S/C27H30N6O2S/c1-17-16-19(27(35)31-21-9-7-13-28-18(21)2)10-11-20(17)25(36-4)23-24(22-8-5-6-12-29-22)32-33(3)26(23)30-14-15-34/h5-13,16,25,30,34H,14-15H2,1-4H3,(H,31,35). The van der Waals surface area contributed by atoms with Crippen molar-refractivity contribution >= 4 is 29.2 Å². The SMILES string of the molecule is CSC(c1ccc(C(=O)Nc2cccnc2C)cc1C)c1c(-c2ccccn2)nn(C)c1NCCO. The average molecular weight is 503 g/mol. The van der Waals surface area contributed by atoms with Crippen molar-refractivity contribution in [3.63, 3.8) is 0 Å². The first kappa shape index (κ1) is 25.4. The van der Waals surface area contributed by atoms with Gasteiger partial charge < -0.3 is 15.7 Å². The summed E-state index contributed by atoms with van der Waals surface area (Å²) in [6.45, 7) is 4.29. The van der Waals surface area contributed by atoms with Crippen molar-refractivity contribution in [1.29, 1.82) is 0 Å². The van der Waals surface area contributed by atoms with Gasteiger partial charge in [-0.05, 0) is 67.6 Å². The largest absolute Gasteiger partial charge is 0.395 e. The van der Waals surface area contributed by atoms with Crippen LogP contribution in [0.15, 0.2) is 60.9 Å². The van der Waals surface area contributed by atoms with Crippen LogP contribution >= 0.6 is 11.8 Å². The van der Waals surface area contributed by atoms with Gasteiger partial charge in [-0.3, -0.25) is 19.4 Å². The smallest absolute Gasteiger partial charge is 0.255 e. The minimum atomic E-state index is -0.178. The van der Waals surface area contributed by atoms with Crippen molar-refractivity contribution < 1.29 is 9.90 Å². The fraction of sp³-hybridized carbons (Fsp3) is 0.259. The second kappa shape index (κ2) is 11.4. The summed E-state index contributed by atoms with van der Waals surface area (Å²) in [6.07, 6.45) is 5.51. The molecule has 9 heteroatoms. The summed E-state index contributed by atoms with van der Waals surface area (Å²) in [5.74, 6) is 0.652. The van der Waals surface area contributed by atoms with Gasteiger partial charge in [0.05, 0.1) is 28.9 Å². The van der Waals surface area contributed by atoms with Gasteiger partial charge in [-0.25, -0.2) is 0 Å². The summed E-state index contributed by atoms with van der Waals surface area (Å²) in [7, 11) is 1.88. The minimum Gasteiger partial charge on any atom is -0.395 e. The monoisotopic (exact) mass is 502 g/mol. The minimum absolute atomic E-state index is 0.00667. The van der Waals surface area contributed by atoms with Crippen molar-refractivity contribution in [3.05, 3.63) is 88.9 Å². The summed E-state index contributed by atoms with van der Waals surface area (Å²) in [4.78, 5) is 21.7. The lowest BCUT2D eigenvalue weighted by molar-refractivity contribution is 0.102. The average Bonchev–Trinajstić information content (AvgIpc) is 3.21. The molecule has 186 valence electrons. The number of thioether (sulfide) groups is 1. The van der Waals surface area contributed by atoms with Crippen molar-refractivity contribution in [3.8, 4) is 11.4 Å². The van der Waals surface area contributed by atoms with Gasteiger partial charge >= 0.3 is 0 Å². The molecule has 0 fully saturated rings. The van der Waals surface area contributed by atoms with E-state index in [1.165, 1.54) is 0 Å². The molecule has 0 spiro atoms. The van der Waals surface area contributed by atoms with Gasteiger partial charge in [0.15, 0.2) is 0 Å². The fourth-order valence-corrected chi connectivity index (χ4v) is 5.16. The van der Waals surface area contributed by atoms with Crippen LogP contribution in [0.2, 0.25) is 0 Å². The number of benzene rings is 1. The Bertz CT molecular complexity index is 1360. The van der Waals surface area contributed by atoms with Crippen molar-refractivity contribution in [2.75, 3.05) is 30.0 Å². The Morgan fingerprint density at radius 2 is 1.92 bits per heavy atom. The molecule has 4 rings (SSSR count). The summed E-state index contributed by atoms with van der Waals surface area (Å²) < 4.78 is 1.80. The van der Waals surface area contributed by atoms with Gasteiger partial charge in [-0.1, -0.05) is 12.1 Å². The molecule has 3 heterocycles. The van der Waals surface area contributed by atoms with Gasteiger partial charge in [0.2, 0.25) is 0 Å². The molecule has 0 saturated carbocycles. The van der Waals surface area contributed by atoms with Gasteiger partial charge in [0.25, 0.3) is 5.91 Å². The molecule has 0 radical (unpaired) electrons. The Balaban J connectivity index is 1.73. The highest BCUT2D eigenvalue weighted by molar-refractivity contribution is 7.99. The number of carbonyl (C=O) groups is 1. The summed E-state index contributed by atoms with van der Waals surface area (Å²) in [5, 5.41) is 20.4. The van der Waals surface area contributed by atoms with Crippen LogP contribution in [0.3, 0.4) is 0 Å². The number of nitrogens with one attached hydrogen (secondary N) is 2. The van der Waals surface area contributed by atoms with E-state index in [1.807, 2.05) is 63.4 Å². The van der Waals surface area contributed by atoms with E-state index in [-0.39, 0.29) is 17.8 Å². The molecule has 4 aromatic rings. The maximum absolute atomic E-state index is 13.0. The maximum atomic E-state index is 13.0. The molecule has 3 aromatic heterocycles. The first-order valence-electron chi connectivity index (χ1n) is 11.6. The highest BCUT2D eigenvalue weighted by Gasteiger charge is 2.28. The zero-order valence-corrected chi connectivity index (χ0v) is 21.6. The van der Waals surface area contributed by atoms with Crippen molar-refractivity contribution in [1.82, 2.24) is 19.7 Å². The van der Waals surface area contributed by atoms with E-state index >= 15 is 0 Å². The van der Waals surface area contributed by atoms with E-state index < -0.39 is 0 Å². The van der Waals surface area contributed by atoms with Crippen LogP contribution in [0.4, 0.5) is 11.5 Å². The molecule has 36 heavy (non-hydrogen) atoms. The lowest BCUT2D eigenvalue weighted by Crippen LogP contribution is -2.14. The number of pyridine rings is 2. The van der Waals surface area contributed by atoms with Crippen LogP contribution in [-0.2, 0) is 7.05 Å². The number of aliphatic hydroxyl groups is 1. The van der Waals surface area contributed by atoms with Crippen molar-refractivity contribution in [2.45, 2.75) is 19.1 Å². The molecular formula is C27H30N6O2S. The predicted molar refractivity (Wildman–Crippen MR) is 145 cm³/mol. The number of carbonyl (C=O) groups excluding carboxylic acids is 1. The molecule has 0 aliphatic rings. The third-order valence-electron chi connectivity index (χ3n) is 5.96. The number of hydrogen-bond acceptors (Lipinski definition) is 7. The van der Waals surface area contributed by atoms with Crippen LogP contribution in [0, 0.1) is 13.8 Å². The molecule has 0 aliphatic heterocycles. The Morgan fingerprint density at radius 1 is 1.11 bits per heavy atom. The zero-order valence-electron chi connectivity index (χ0n) is 20.8. The van der Waals surface area contributed by atoms with E-state index in [2.05, 4.69) is 26.9 Å². The Labute approximate surface area is 215 Å². The van der Waals surface area contributed by atoms with Gasteiger partial charge in [0, 0.05) is 37.1 Å². The fourth-order valence-electron chi connectivity index (χ4n) is 4.19. The summed E-state index contributed by atoms with van der Waals surface area (Å²) in [5.41, 5.74) is 6.66. The van der Waals surface area contributed by atoms with E-state index in [0.717, 1.165) is 39.6 Å². The first-order chi connectivity index (χ1) is 17.4. The number of rotatable bonds is 9. The second-order valence-corrected chi connectivity index (χ2v) is 9.32. The Hall–Kier alpha value is -3.69. The van der Waals surface area contributed by atoms with Crippen LogP contribution < -0.4 is 10.6 Å². The van der Waals surface area contributed by atoms with E-state index in [1.54, 1.807) is 34.9 Å². The maximum Gasteiger partial charge on any atom is 0.255 e. The molecule has 0 aliphatic carbocycles. The zero-order chi connectivity index (χ0) is 25.7. The third kappa shape index (κ3) is 5.27. The van der Waals surface area contributed by atoms with Gasteiger partial charge in [-0.15, -0.1) is 0 Å². The van der Waals surface area contributed by atoms with E-state index in [9.17, 15) is 9.90 Å². The van der Waals surface area contributed by atoms with Crippen LogP contribution in [-0.4, -0.2) is 50.2 Å². The summed E-state index contributed by atoms with van der Waals surface area (Å²) >= 11 is 1.69. The van der Waals surface area contributed by atoms with E-state index in [0.29, 0.717) is 17.8 Å². The van der Waals surface area contributed by atoms with Gasteiger partial charge in [-0.2, -0.15) is 16.9 Å². The number of aliphatic hydroxyl groups excluding tert-OH is 1. The van der Waals surface area contributed by atoms with Crippen LogP contribution in [0.25, 0.3) is 11.4 Å². The number of aryl methyl sites for hydroxylation is 3. The Morgan fingerprint density at radius 3 is 2.58 bits per heavy atom. The molecule has 8 nitrogen and oxygen atoms in total. The molecule has 1 atom stereocenters. The number of aromatic nitrogens is 4. The normalized spacial score (nSPS) is 11.8. The molecule has 0 bridgehead atoms. The van der Waals surface area contributed by atoms with Crippen molar-refractivity contribution in [2.24, 2.45) is 7.05 Å². The first-order valence-corrected chi connectivity index (χ1v) is 12.9. The predicted octanol–water partition coefficient (Wildman–Crippen LogP) is 4.60. The Kier molecular flexibility index (Phi) is 8.02. The molecule has 1 unspecified atom stereocenters. The van der Waals surface area contributed by atoms with Crippen LogP contribution in [0.5, 0.6) is 0 Å². The lowest BCUT2D eigenvalue weighted by Gasteiger charge is -2.21. The number of anilines is 2. The highest BCUT2D eigenvalue weighted by Crippen LogP contribution is 2.44. The second-order valence-electron chi connectivity index (χ2n) is 8.38. The molecule has 0 saturated heterocycles. The quantitative estimate of drug-likeness (QED) is 0.307. The molecule has 1 aromatic carbocycles. The van der Waals surface area contributed by atoms with Crippen LogP contribution in [0.1, 0.15) is 38.0 Å².